The largest absolute Gasteiger partial charge is 0.391 e. The summed E-state index contributed by atoms with van der Waals surface area (Å²) in [5, 5.41) is 6.46. The topological polar surface area (TPSA) is 50.8 Å². The minimum absolute atomic E-state index is 0.294. The molecule has 0 fully saturated rings. The smallest absolute Gasteiger partial charge is 0.145 e. The van der Waals surface area contributed by atoms with Crippen LogP contribution in [0.5, 0.6) is 0 Å². The van der Waals surface area contributed by atoms with Gasteiger partial charge in [0.25, 0.3) is 0 Å². The summed E-state index contributed by atoms with van der Waals surface area (Å²) < 4.78 is 0. The molecule has 0 radical (unpaired) electrons. The summed E-state index contributed by atoms with van der Waals surface area (Å²) >= 11 is 6.24. The van der Waals surface area contributed by atoms with E-state index < -0.39 is 0 Å². The Morgan fingerprint density at radius 1 is 1.18 bits per heavy atom. The number of hydrogen-bond acceptors (Lipinski definition) is 4. The van der Waals surface area contributed by atoms with Gasteiger partial charge in [-0.1, -0.05) is 47.1 Å². The fraction of sp³-hybridized carbons (Fsp3) is 0.235. The second-order valence-electron chi connectivity index (χ2n) is 5.32. The summed E-state index contributed by atoms with van der Waals surface area (Å²) in [4.78, 5) is 5.55. The minimum Gasteiger partial charge on any atom is -0.391 e. The SMILES string of the molecule is CN(N)c1cccc(Cl)c1CON=C1CCc2ccccc21. The summed E-state index contributed by atoms with van der Waals surface area (Å²) in [6.45, 7) is 0.294. The van der Waals surface area contributed by atoms with Gasteiger partial charge in [-0.2, -0.15) is 0 Å². The average molecular weight is 316 g/mol. The van der Waals surface area contributed by atoms with Crippen molar-refractivity contribution < 1.29 is 4.84 Å². The summed E-state index contributed by atoms with van der Waals surface area (Å²) in [5.41, 5.74) is 5.16. The number of anilines is 1. The Bertz CT molecular complexity index is 713. The van der Waals surface area contributed by atoms with Crippen molar-refractivity contribution in [3.63, 3.8) is 0 Å². The van der Waals surface area contributed by atoms with Gasteiger partial charge in [0.05, 0.1) is 11.4 Å². The molecular formula is C17H18ClN3O. The van der Waals surface area contributed by atoms with Gasteiger partial charge in [-0.3, -0.25) is 0 Å². The molecule has 5 heteroatoms. The molecule has 0 bridgehead atoms. The summed E-state index contributed by atoms with van der Waals surface area (Å²) in [6.07, 6.45) is 1.92. The van der Waals surface area contributed by atoms with Gasteiger partial charge in [0.15, 0.2) is 0 Å². The van der Waals surface area contributed by atoms with E-state index in [2.05, 4.69) is 23.4 Å². The van der Waals surface area contributed by atoms with E-state index in [0.717, 1.165) is 29.8 Å². The van der Waals surface area contributed by atoms with Gasteiger partial charge in [0, 0.05) is 23.2 Å². The zero-order valence-electron chi connectivity index (χ0n) is 12.4. The predicted octanol–water partition coefficient (Wildman–Crippen LogP) is 3.52. The number of hydrogen-bond donors (Lipinski definition) is 1. The summed E-state index contributed by atoms with van der Waals surface area (Å²) in [6, 6.07) is 13.9. The first kappa shape index (κ1) is 14.9. The van der Waals surface area contributed by atoms with E-state index in [9.17, 15) is 0 Å². The molecule has 0 saturated heterocycles. The van der Waals surface area contributed by atoms with Crippen molar-refractivity contribution in [3.05, 3.63) is 64.2 Å². The van der Waals surface area contributed by atoms with Crippen LogP contribution in [0.3, 0.4) is 0 Å². The Morgan fingerprint density at radius 2 is 2.00 bits per heavy atom. The van der Waals surface area contributed by atoms with E-state index in [1.165, 1.54) is 16.1 Å². The monoisotopic (exact) mass is 315 g/mol. The minimum atomic E-state index is 0.294. The molecule has 22 heavy (non-hydrogen) atoms. The number of fused-ring (bicyclic) bond motifs is 1. The molecule has 1 aliphatic carbocycles. The van der Waals surface area contributed by atoms with Gasteiger partial charge in [-0.05, 0) is 30.5 Å². The van der Waals surface area contributed by atoms with Crippen molar-refractivity contribution in [2.24, 2.45) is 11.0 Å². The molecule has 1 aliphatic rings. The van der Waals surface area contributed by atoms with Gasteiger partial charge in [0.2, 0.25) is 0 Å². The van der Waals surface area contributed by atoms with E-state index in [4.69, 9.17) is 22.3 Å². The molecule has 0 aliphatic heterocycles. The third-order valence-corrected chi connectivity index (χ3v) is 4.17. The molecule has 2 aromatic carbocycles. The Kier molecular flexibility index (Phi) is 4.32. The third-order valence-electron chi connectivity index (χ3n) is 3.82. The van der Waals surface area contributed by atoms with E-state index in [1.54, 1.807) is 7.05 Å². The van der Waals surface area contributed by atoms with Crippen LogP contribution in [-0.4, -0.2) is 12.8 Å². The highest BCUT2D eigenvalue weighted by Crippen LogP contribution is 2.27. The zero-order valence-corrected chi connectivity index (χ0v) is 13.2. The van der Waals surface area contributed by atoms with E-state index >= 15 is 0 Å². The maximum absolute atomic E-state index is 6.24. The lowest BCUT2D eigenvalue weighted by Gasteiger charge is -2.17. The van der Waals surface area contributed by atoms with Crippen LogP contribution in [0.4, 0.5) is 5.69 Å². The number of nitrogens with zero attached hydrogens (tertiary/aromatic N) is 2. The maximum atomic E-state index is 6.24. The molecular weight excluding hydrogens is 298 g/mol. The highest BCUT2D eigenvalue weighted by Gasteiger charge is 2.17. The Labute approximate surface area is 135 Å². The molecule has 0 heterocycles. The van der Waals surface area contributed by atoms with E-state index in [1.807, 2.05) is 24.3 Å². The number of nitrogens with two attached hydrogens (primary N) is 1. The molecule has 0 unspecified atom stereocenters. The second kappa shape index (κ2) is 6.38. The Morgan fingerprint density at radius 3 is 2.82 bits per heavy atom. The van der Waals surface area contributed by atoms with Gasteiger partial charge in [0.1, 0.15) is 6.61 Å². The van der Waals surface area contributed by atoms with Crippen molar-refractivity contribution in [2.75, 3.05) is 12.1 Å². The van der Waals surface area contributed by atoms with Crippen molar-refractivity contribution in [3.8, 4) is 0 Å². The summed E-state index contributed by atoms with van der Waals surface area (Å²) in [5.74, 6) is 5.82. The first-order valence-corrected chi connectivity index (χ1v) is 7.57. The van der Waals surface area contributed by atoms with Crippen LogP contribution in [0.25, 0.3) is 0 Å². The maximum Gasteiger partial charge on any atom is 0.145 e. The van der Waals surface area contributed by atoms with Crippen LogP contribution in [0.1, 0.15) is 23.1 Å². The van der Waals surface area contributed by atoms with Crippen LogP contribution in [-0.2, 0) is 17.9 Å². The lowest BCUT2D eigenvalue weighted by molar-refractivity contribution is 0.130. The molecule has 3 rings (SSSR count). The fourth-order valence-corrected chi connectivity index (χ4v) is 2.92. The normalized spacial score (nSPS) is 15.0. The molecule has 2 N–H and O–H groups in total. The van der Waals surface area contributed by atoms with Crippen LogP contribution >= 0.6 is 11.6 Å². The Balaban J connectivity index is 1.76. The van der Waals surface area contributed by atoms with Gasteiger partial charge < -0.3 is 9.85 Å². The van der Waals surface area contributed by atoms with Crippen molar-refractivity contribution >= 4 is 23.0 Å². The molecule has 0 spiro atoms. The number of benzene rings is 2. The Hall–Kier alpha value is -2.04. The zero-order chi connectivity index (χ0) is 15.5. The lowest BCUT2D eigenvalue weighted by atomic mass is 10.1. The van der Waals surface area contributed by atoms with Crippen molar-refractivity contribution in [2.45, 2.75) is 19.4 Å². The first-order chi connectivity index (χ1) is 10.7. The number of aryl methyl sites for hydroxylation is 1. The number of oxime groups is 1. The quantitative estimate of drug-likeness (QED) is 0.694. The second-order valence-corrected chi connectivity index (χ2v) is 5.72. The van der Waals surface area contributed by atoms with Gasteiger partial charge in [-0.15, -0.1) is 0 Å². The van der Waals surface area contributed by atoms with E-state index in [0.29, 0.717) is 11.6 Å². The lowest BCUT2D eigenvalue weighted by Crippen LogP contribution is -2.26. The van der Waals surface area contributed by atoms with Crippen molar-refractivity contribution in [1.29, 1.82) is 0 Å². The highest BCUT2D eigenvalue weighted by atomic mass is 35.5. The van der Waals surface area contributed by atoms with E-state index in [-0.39, 0.29) is 0 Å². The average Bonchev–Trinajstić information content (AvgIpc) is 2.92. The molecule has 0 aromatic heterocycles. The molecule has 0 amide bonds. The standard InChI is InChI=1S/C17H18ClN3O/c1-21(19)17-8-4-7-15(18)14(17)11-22-20-16-10-9-12-5-2-3-6-13(12)16/h2-8H,9-11,19H2,1H3. The number of rotatable bonds is 4. The summed E-state index contributed by atoms with van der Waals surface area (Å²) in [7, 11) is 1.77. The van der Waals surface area contributed by atoms with Crippen LogP contribution in [0, 0.1) is 0 Å². The van der Waals surface area contributed by atoms with Gasteiger partial charge in [-0.25, -0.2) is 5.84 Å². The fourth-order valence-electron chi connectivity index (χ4n) is 2.70. The molecule has 0 atom stereocenters. The molecule has 114 valence electrons. The third kappa shape index (κ3) is 2.93. The first-order valence-electron chi connectivity index (χ1n) is 7.19. The van der Waals surface area contributed by atoms with Crippen molar-refractivity contribution in [1.82, 2.24) is 0 Å². The highest BCUT2D eigenvalue weighted by molar-refractivity contribution is 6.31. The molecule has 2 aromatic rings. The molecule has 0 saturated carbocycles. The van der Waals surface area contributed by atoms with Gasteiger partial charge >= 0.3 is 0 Å². The predicted molar refractivity (Wildman–Crippen MR) is 90.1 cm³/mol. The number of hydrazine groups is 1. The van der Waals surface area contributed by atoms with Crippen LogP contribution in [0.2, 0.25) is 5.02 Å². The van der Waals surface area contributed by atoms with Crippen LogP contribution in [0.15, 0.2) is 47.6 Å². The van der Waals surface area contributed by atoms with Crippen LogP contribution < -0.4 is 10.9 Å². The number of halogens is 1. The molecule has 4 nitrogen and oxygen atoms in total.